The van der Waals surface area contributed by atoms with Crippen LogP contribution in [0, 0.1) is 0 Å². The Balaban J connectivity index is 3.04. The van der Waals surface area contributed by atoms with E-state index in [1.807, 2.05) is 0 Å². The molecule has 0 aromatic heterocycles. The van der Waals surface area contributed by atoms with Crippen LogP contribution in [0.2, 0.25) is 5.02 Å². The third-order valence-electron chi connectivity index (χ3n) is 1.74. The Labute approximate surface area is 90.3 Å². The van der Waals surface area contributed by atoms with Gasteiger partial charge in [-0.25, -0.2) is 0 Å². The van der Waals surface area contributed by atoms with E-state index >= 15 is 0 Å². The summed E-state index contributed by atoms with van der Waals surface area (Å²) in [5, 5.41) is -0.304. The third-order valence-corrected chi connectivity index (χ3v) is 2.06. The fraction of sp³-hybridized carbons (Fsp3) is 0.200. The molecule has 15 heavy (non-hydrogen) atoms. The summed E-state index contributed by atoms with van der Waals surface area (Å²) in [5.74, 6) is 0. The number of benzene rings is 1. The largest absolute Gasteiger partial charge is 0.417 e. The topological polar surface area (TPSA) is 26.0 Å². The molecule has 1 nitrogen and oxygen atoms in total. The molecule has 0 amide bonds. The van der Waals surface area contributed by atoms with E-state index in [-0.39, 0.29) is 5.02 Å². The monoisotopic (exact) mass is 235 g/mol. The number of hydrogen-bond acceptors (Lipinski definition) is 1. The average Bonchev–Trinajstić information content (AvgIpc) is 2.12. The van der Waals surface area contributed by atoms with Crippen molar-refractivity contribution in [2.75, 3.05) is 6.54 Å². The van der Waals surface area contributed by atoms with Gasteiger partial charge in [-0.3, -0.25) is 0 Å². The highest BCUT2D eigenvalue weighted by Gasteiger charge is 2.32. The number of hydrogen-bond donors (Lipinski definition) is 1. The van der Waals surface area contributed by atoms with Crippen LogP contribution in [0.1, 0.15) is 11.1 Å². The normalized spacial score (nSPS) is 12.3. The van der Waals surface area contributed by atoms with Crippen LogP contribution in [0.5, 0.6) is 0 Å². The maximum atomic E-state index is 12.3. The molecule has 1 aromatic rings. The first-order valence-corrected chi connectivity index (χ1v) is 4.56. The molecule has 2 N–H and O–H groups in total. The molecule has 1 rings (SSSR count). The summed E-state index contributed by atoms with van der Waals surface area (Å²) in [6, 6.07) is 3.57. The smallest absolute Gasteiger partial charge is 0.327 e. The second-order valence-corrected chi connectivity index (χ2v) is 3.28. The van der Waals surface area contributed by atoms with Crippen LogP contribution in [-0.2, 0) is 6.18 Å². The van der Waals surface area contributed by atoms with Gasteiger partial charge in [-0.1, -0.05) is 29.8 Å². The molecule has 1 aromatic carbocycles. The van der Waals surface area contributed by atoms with E-state index in [1.54, 1.807) is 12.2 Å². The Hall–Kier alpha value is -1.00. The highest BCUT2D eigenvalue weighted by Crippen LogP contribution is 2.35. The van der Waals surface area contributed by atoms with Crippen LogP contribution in [-0.4, -0.2) is 6.54 Å². The lowest BCUT2D eigenvalue weighted by atomic mass is 10.1. The van der Waals surface area contributed by atoms with Crippen LogP contribution >= 0.6 is 11.6 Å². The zero-order valence-corrected chi connectivity index (χ0v) is 8.44. The first-order valence-electron chi connectivity index (χ1n) is 4.18. The molecule has 0 aliphatic rings. The van der Waals surface area contributed by atoms with E-state index in [4.69, 9.17) is 17.3 Å². The van der Waals surface area contributed by atoms with Gasteiger partial charge in [0.15, 0.2) is 0 Å². The summed E-state index contributed by atoms with van der Waals surface area (Å²) in [6.45, 7) is 0.332. The molecule has 82 valence electrons. The maximum absolute atomic E-state index is 12.3. The van der Waals surface area contributed by atoms with Crippen molar-refractivity contribution in [3.63, 3.8) is 0 Å². The van der Waals surface area contributed by atoms with Crippen molar-refractivity contribution in [3.8, 4) is 0 Å². The van der Waals surface area contributed by atoms with Gasteiger partial charge in [-0.05, 0) is 17.7 Å². The van der Waals surface area contributed by atoms with E-state index in [2.05, 4.69) is 0 Å². The van der Waals surface area contributed by atoms with Crippen LogP contribution in [0.15, 0.2) is 24.3 Å². The molecule has 5 heteroatoms. The fourth-order valence-electron chi connectivity index (χ4n) is 1.07. The Morgan fingerprint density at radius 3 is 2.47 bits per heavy atom. The number of halogens is 4. The van der Waals surface area contributed by atoms with Crippen LogP contribution in [0.3, 0.4) is 0 Å². The second-order valence-electron chi connectivity index (χ2n) is 2.88. The summed E-state index contributed by atoms with van der Waals surface area (Å²) in [6.07, 6.45) is -1.15. The minimum Gasteiger partial charge on any atom is -0.327 e. The average molecular weight is 236 g/mol. The molecule has 0 fully saturated rings. The first-order chi connectivity index (χ1) is 6.95. The van der Waals surface area contributed by atoms with Crippen LogP contribution in [0.4, 0.5) is 13.2 Å². The summed E-state index contributed by atoms with van der Waals surface area (Å²) in [4.78, 5) is 0. The number of rotatable bonds is 2. The van der Waals surface area contributed by atoms with Crippen molar-refractivity contribution in [2.24, 2.45) is 5.73 Å². The first kappa shape index (κ1) is 12.1. The van der Waals surface area contributed by atoms with Gasteiger partial charge in [0.2, 0.25) is 0 Å². The SMILES string of the molecule is NCC=Cc1ccc(C(F)(F)F)c(Cl)c1. The molecule has 0 unspecified atom stereocenters. The number of alkyl halides is 3. The van der Waals surface area contributed by atoms with Crippen LogP contribution < -0.4 is 5.73 Å². The lowest BCUT2D eigenvalue weighted by Crippen LogP contribution is -2.05. The molecular formula is C10H9ClF3N. The van der Waals surface area contributed by atoms with Gasteiger partial charge < -0.3 is 5.73 Å². The summed E-state index contributed by atoms with van der Waals surface area (Å²) >= 11 is 5.51. The zero-order chi connectivity index (χ0) is 11.5. The fourth-order valence-corrected chi connectivity index (χ4v) is 1.37. The minimum absolute atomic E-state index is 0.304. The molecule has 0 saturated heterocycles. The summed E-state index contributed by atoms with van der Waals surface area (Å²) < 4.78 is 36.9. The van der Waals surface area contributed by atoms with Gasteiger partial charge in [-0.15, -0.1) is 0 Å². The van der Waals surface area contributed by atoms with E-state index in [0.29, 0.717) is 12.1 Å². The zero-order valence-electron chi connectivity index (χ0n) is 7.68. The molecule has 0 bridgehead atoms. The Morgan fingerprint density at radius 2 is 2.00 bits per heavy atom. The van der Waals surface area contributed by atoms with Crippen molar-refractivity contribution >= 4 is 17.7 Å². The maximum Gasteiger partial charge on any atom is 0.417 e. The summed E-state index contributed by atoms with van der Waals surface area (Å²) in [7, 11) is 0. The van der Waals surface area contributed by atoms with Crippen molar-refractivity contribution in [1.29, 1.82) is 0 Å². The molecule has 0 atom stereocenters. The molecule has 0 heterocycles. The van der Waals surface area contributed by atoms with Gasteiger partial charge in [0.1, 0.15) is 0 Å². The lowest BCUT2D eigenvalue weighted by molar-refractivity contribution is -0.137. The lowest BCUT2D eigenvalue weighted by Gasteiger charge is -2.08. The quantitative estimate of drug-likeness (QED) is 0.836. The van der Waals surface area contributed by atoms with Crippen molar-refractivity contribution < 1.29 is 13.2 Å². The second kappa shape index (κ2) is 4.68. The molecule has 0 saturated carbocycles. The van der Waals surface area contributed by atoms with Crippen molar-refractivity contribution in [1.82, 2.24) is 0 Å². The van der Waals surface area contributed by atoms with E-state index in [0.717, 1.165) is 6.07 Å². The van der Waals surface area contributed by atoms with Gasteiger partial charge >= 0.3 is 6.18 Å². The Bertz CT molecular complexity index is 371. The van der Waals surface area contributed by atoms with Gasteiger partial charge in [0.05, 0.1) is 10.6 Å². The minimum atomic E-state index is -4.41. The highest BCUT2D eigenvalue weighted by molar-refractivity contribution is 6.31. The van der Waals surface area contributed by atoms with Gasteiger partial charge in [0, 0.05) is 6.54 Å². The Morgan fingerprint density at radius 1 is 1.33 bits per heavy atom. The number of nitrogens with two attached hydrogens (primary N) is 1. The predicted molar refractivity (Wildman–Crippen MR) is 54.5 cm³/mol. The van der Waals surface area contributed by atoms with Gasteiger partial charge in [0.25, 0.3) is 0 Å². The molecular weight excluding hydrogens is 227 g/mol. The van der Waals surface area contributed by atoms with E-state index in [1.165, 1.54) is 12.1 Å². The highest BCUT2D eigenvalue weighted by atomic mass is 35.5. The van der Waals surface area contributed by atoms with Crippen LogP contribution in [0.25, 0.3) is 6.08 Å². The van der Waals surface area contributed by atoms with Crippen molar-refractivity contribution in [3.05, 3.63) is 40.4 Å². The van der Waals surface area contributed by atoms with E-state index < -0.39 is 11.7 Å². The Kier molecular flexibility index (Phi) is 3.77. The molecule has 0 radical (unpaired) electrons. The standard InChI is InChI=1S/C10H9ClF3N/c11-9-6-7(2-1-5-15)3-4-8(9)10(12,13)14/h1-4,6H,5,15H2. The predicted octanol–water partition coefficient (Wildman–Crippen LogP) is 3.33. The third kappa shape index (κ3) is 3.25. The van der Waals surface area contributed by atoms with Crippen molar-refractivity contribution in [2.45, 2.75) is 6.18 Å². The van der Waals surface area contributed by atoms with Gasteiger partial charge in [-0.2, -0.15) is 13.2 Å². The summed E-state index contributed by atoms with van der Waals surface area (Å²) in [5.41, 5.74) is 4.98. The van der Waals surface area contributed by atoms with E-state index in [9.17, 15) is 13.2 Å². The molecule has 0 spiro atoms. The molecule has 0 aliphatic carbocycles. The molecule has 0 aliphatic heterocycles.